The van der Waals surface area contributed by atoms with Crippen LogP contribution in [-0.2, 0) is 6.42 Å². The van der Waals surface area contributed by atoms with Crippen molar-refractivity contribution in [2.24, 2.45) is 0 Å². The SMILES string of the molecule is C[C@@H](NC(=O)NCC(Cc1csc2ccccc12)N(C)C)c1ccccc1. The van der Waals surface area contributed by atoms with Gasteiger partial charge in [0.25, 0.3) is 0 Å². The van der Waals surface area contributed by atoms with E-state index in [1.165, 1.54) is 15.6 Å². The molecule has 0 aliphatic rings. The third-order valence-corrected chi connectivity index (χ3v) is 5.90. The Morgan fingerprint density at radius 1 is 1.07 bits per heavy atom. The van der Waals surface area contributed by atoms with Crippen molar-refractivity contribution < 1.29 is 4.79 Å². The minimum absolute atomic E-state index is 0.0233. The number of amides is 2. The Labute approximate surface area is 165 Å². The number of benzene rings is 2. The van der Waals surface area contributed by atoms with E-state index < -0.39 is 0 Å². The molecule has 1 aromatic heterocycles. The fourth-order valence-corrected chi connectivity index (χ4v) is 4.14. The highest BCUT2D eigenvalue weighted by Crippen LogP contribution is 2.27. The lowest BCUT2D eigenvalue weighted by molar-refractivity contribution is 0.229. The fraction of sp³-hybridized carbons (Fsp3) is 0.318. The molecule has 3 aromatic rings. The van der Waals surface area contributed by atoms with E-state index >= 15 is 0 Å². The van der Waals surface area contributed by atoms with Gasteiger partial charge in [-0.25, -0.2) is 4.79 Å². The lowest BCUT2D eigenvalue weighted by Gasteiger charge is -2.25. The molecule has 0 aliphatic carbocycles. The maximum Gasteiger partial charge on any atom is 0.315 e. The van der Waals surface area contributed by atoms with Crippen molar-refractivity contribution in [3.8, 4) is 0 Å². The predicted molar refractivity (Wildman–Crippen MR) is 114 cm³/mol. The quantitative estimate of drug-likeness (QED) is 0.636. The summed E-state index contributed by atoms with van der Waals surface area (Å²) in [5, 5.41) is 9.60. The molecule has 0 bridgehead atoms. The molecule has 0 saturated heterocycles. The summed E-state index contributed by atoms with van der Waals surface area (Å²) in [7, 11) is 4.12. The van der Waals surface area contributed by atoms with Crippen molar-refractivity contribution in [1.29, 1.82) is 0 Å². The van der Waals surface area contributed by atoms with E-state index in [-0.39, 0.29) is 18.1 Å². The van der Waals surface area contributed by atoms with Gasteiger partial charge in [-0.2, -0.15) is 0 Å². The molecule has 142 valence electrons. The maximum atomic E-state index is 12.3. The monoisotopic (exact) mass is 381 g/mol. The highest BCUT2D eigenvalue weighted by atomic mass is 32.1. The minimum atomic E-state index is -0.131. The lowest BCUT2D eigenvalue weighted by Crippen LogP contribution is -2.45. The van der Waals surface area contributed by atoms with E-state index in [9.17, 15) is 4.79 Å². The van der Waals surface area contributed by atoms with Crippen LogP contribution in [0.5, 0.6) is 0 Å². The zero-order valence-corrected chi connectivity index (χ0v) is 16.9. The molecule has 0 fully saturated rings. The fourth-order valence-electron chi connectivity index (χ4n) is 3.17. The van der Waals surface area contributed by atoms with Crippen LogP contribution in [0.3, 0.4) is 0 Å². The van der Waals surface area contributed by atoms with Crippen molar-refractivity contribution in [3.63, 3.8) is 0 Å². The van der Waals surface area contributed by atoms with Crippen molar-refractivity contribution in [2.75, 3.05) is 20.6 Å². The van der Waals surface area contributed by atoms with Crippen LogP contribution in [0.15, 0.2) is 60.0 Å². The van der Waals surface area contributed by atoms with Gasteiger partial charge in [0.2, 0.25) is 0 Å². The number of urea groups is 1. The molecule has 3 rings (SSSR count). The first kappa shape index (κ1) is 19.4. The maximum absolute atomic E-state index is 12.3. The number of nitrogens with one attached hydrogen (secondary N) is 2. The van der Waals surface area contributed by atoms with E-state index in [0.717, 1.165) is 12.0 Å². The Bertz CT molecular complexity index is 875. The summed E-state index contributed by atoms with van der Waals surface area (Å²) in [5.41, 5.74) is 2.44. The second-order valence-electron chi connectivity index (χ2n) is 7.07. The van der Waals surface area contributed by atoms with E-state index in [2.05, 4.69) is 59.3 Å². The number of likely N-dealkylation sites (N-methyl/N-ethyl adjacent to an activating group) is 1. The molecular formula is C22H27N3OS. The topological polar surface area (TPSA) is 44.4 Å². The van der Waals surface area contributed by atoms with Gasteiger partial charge in [0, 0.05) is 17.3 Å². The smallest absolute Gasteiger partial charge is 0.315 e. The Kier molecular flexibility index (Phi) is 6.48. The van der Waals surface area contributed by atoms with Crippen molar-refractivity contribution >= 4 is 27.5 Å². The van der Waals surface area contributed by atoms with E-state index in [1.54, 1.807) is 11.3 Å². The molecule has 0 saturated carbocycles. The summed E-state index contributed by atoms with van der Waals surface area (Å²) < 4.78 is 1.31. The first-order chi connectivity index (χ1) is 13.0. The van der Waals surface area contributed by atoms with Crippen LogP contribution in [0.25, 0.3) is 10.1 Å². The van der Waals surface area contributed by atoms with Crippen LogP contribution >= 0.6 is 11.3 Å². The molecule has 1 unspecified atom stereocenters. The largest absolute Gasteiger partial charge is 0.337 e. The van der Waals surface area contributed by atoms with Gasteiger partial charge in [-0.3, -0.25) is 0 Å². The third-order valence-electron chi connectivity index (χ3n) is 4.89. The highest BCUT2D eigenvalue weighted by molar-refractivity contribution is 7.17. The average molecular weight is 382 g/mol. The number of hydrogen-bond acceptors (Lipinski definition) is 3. The van der Waals surface area contributed by atoms with Gasteiger partial charge in [0.1, 0.15) is 0 Å². The van der Waals surface area contributed by atoms with Gasteiger partial charge in [0.05, 0.1) is 6.04 Å². The number of rotatable bonds is 7. The molecule has 0 spiro atoms. The third kappa shape index (κ3) is 5.08. The van der Waals surface area contributed by atoms with Crippen LogP contribution < -0.4 is 10.6 Å². The standard InChI is InChI=1S/C22H27N3OS/c1-16(17-9-5-4-6-10-17)24-22(26)23-14-19(25(2)3)13-18-15-27-21-12-8-7-11-20(18)21/h4-12,15-16,19H,13-14H2,1-3H3,(H2,23,24,26)/t16-,19?/m1/s1. The number of thiophene rings is 1. The van der Waals surface area contributed by atoms with Gasteiger partial charge in [0.15, 0.2) is 0 Å². The molecular weight excluding hydrogens is 354 g/mol. The summed E-state index contributed by atoms with van der Waals surface area (Å²) in [4.78, 5) is 14.5. The number of hydrogen-bond donors (Lipinski definition) is 2. The van der Waals surface area contributed by atoms with Crippen LogP contribution in [0, 0.1) is 0 Å². The molecule has 0 aliphatic heterocycles. The van der Waals surface area contributed by atoms with Crippen LogP contribution in [0.2, 0.25) is 0 Å². The van der Waals surface area contributed by atoms with Crippen molar-refractivity contribution in [2.45, 2.75) is 25.4 Å². The Hall–Kier alpha value is -2.37. The summed E-state index contributed by atoms with van der Waals surface area (Å²) in [6.07, 6.45) is 0.908. The van der Waals surface area contributed by atoms with Crippen LogP contribution in [0.1, 0.15) is 24.1 Å². The molecule has 2 aromatic carbocycles. The Morgan fingerprint density at radius 3 is 2.52 bits per heavy atom. The van der Waals surface area contributed by atoms with Gasteiger partial charge in [-0.1, -0.05) is 48.5 Å². The second kappa shape index (κ2) is 9.02. The first-order valence-electron chi connectivity index (χ1n) is 9.25. The predicted octanol–water partition coefficient (Wildman–Crippen LogP) is 4.43. The number of carbonyl (C=O) groups excluding carboxylic acids is 1. The number of nitrogens with zero attached hydrogens (tertiary/aromatic N) is 1. The molecule has 2 atom stereocenters. The first-order valence-corrected chi connectivity index (χ1v) is 10.1. The Morgan fingerprint density at radius 2 is 1.78 bits per heavy atom. The van der Waals surface area contributed by atoms with Crippen molar-refractivity contribution in [3.05, 3.63) is 71.1 Å². The molecule has 0 radical (unpaired) electrons. The van der Waals surface area contributed by atoms with E-state index in [0.29, 0.717) is 6.54 Å². The Balaban J connectivity index is 1.57. The molecule has 5 heteroatoms. The average Bonchev–Trinajstić information content (AvgIpc) is 3.08. The highest BCUT2D eigenvalue weighted by Gasteiger charge is 2.17. The summed E-state index contributed by atoms with van der Waals surface area (Å²) in [6, 6.07) is 18.6. The minimum Gasteiger partial charge on any atom is -0.337 e. The number of carbonyl (C=O) groups is 1. The molecule has 2 amide bonds. The molecule has 27 heavy (non-hydrogen) atoms. The molecule has 2 N–H and O–H groups in total. The second-order valence-corrected chi connectivity index (χ2v) is 7.98. The zero-order chi connectivity index (χ0) is 19.2. The van der Waals surface area contributed by atoms with E-state index in [4.69, 9.17) is 0 Å². The van der Waals surface area contributed by atoms with Gasteiger partial charge in [-0.15, -0.1) is 11.3 Å². The summed E-state index contributed by atoms with van der Waals surface area (Å²) in [6.45, 7) is 2.60. The van der Waals surface area contributed by atoms with Crippen LogP contribution in [-0.4, -0.2) is 37.6 Å². The summed E-state index contributed by atoms with van der Waals surface area (Å²) >= 11 is 1.78. The van der Waals surface area contributed by atoms with Gasteiger partial charge >= 0.3 is 6.03 Å². The molecule has 1 heterocycles. The lowest BCUT2D eigenvalue weighted by atomic mass is 10.0. The zero-order valence-electron chi connectivity index (χ0n) is 16.1. The van der Waals surface area contributed by atoms with Crippen molar-refractivity contribution in [1.82, 2.24) is 15.5 Å². The van der Waals surface area contributed by atoms with Gasteiger partial charge < -0.3 is 15.5 Å². The van der Waals surface area contributed by atoms with Crippen LogP contribution in [0.4, 0.5) is 4.79 Å². The van der Waals surface area contributed by atoms with Gasteiger partial charge in [-0.05, 0) is 55.4 Å². The number of fused-ring (bicyclic) bond motifs is 1. The summed E-state index contributed by atoms with van der Waals surface area (Å²) in [5.74, 6) is 0. The van der Waals surface area contributed by atoms with E-state index in [1.807, 2.05) is 37.3 Å². The normalized spacial score (nSPS) is 13.5. The molecule has 4 nitrogen and oxygen atoms in total.